The molecule has 10 nitrogen and oxygen atoms in total. The maximum atomic E-state index is 12.5. The van der Waals surface area contributed by atoms with E-state index in [-0.39, 0.29) is 27.1 Å². The van der Waals surface area contributed by atoms with Gasteiger partial charge in [-0.15, -0.1) is 5.11 Å². The van der Waals surface area contributed by atoms with Gasteiger partial charge in [0, 0.05) is 5.56 Å². The minimum absolute atomic E-state index is 0.0149. The number of azo groups is 1. The maximum absolute atomic E-state index is 12.5. The minimum Gasteiger partial charge on any atom is -0.447 e. The third kappa shape index (κ3) is 4.02. The lowest BCUT2D eigenvalue weighted by Crippen LogP contribution is -2.12. The molecule has 0 amide bonds. The standard InChI is InChI=1S/C16H16N6O4S2/c1-8-7-26-15(9(8)2)22-28(24,25)11-5-3-10(4-6-11)20-21-12-13(17)18-16(27)19-14(12)23/h3-7,22H,1-2H3,(H4,17,18,19,23,27). The SMILES string of the molecule is Cc1coc(NS(=O)(=O)c2ccc(N=Nc3c(N)[nH]c(=S)[nH]c3=O)cc2)c1C. The summed E-state index contributed by atoms with van der Waals surface area (Å²) in [4.78, 5) is 16.7. The van der Waals surface area contributed by atoms with Crippen LogP contribution in [-0.4, -0.2) is 18.4 Å². The number of H-pyrrole nitrogens is 2. The topological polar surface area (TPSA) is 159 Å². The van der Waals surface area contributed by atoms with Crippen LogP contribution in [0.15, 0.2) is 54.9 Å². The highest BCUT2D eigenvalue weighted by Crippen LogP contribution is 2.25. The van der Waals surface area contributed by atoms with E-state index in [2.05, 4.69) is 24.9 Å². The fourth-order valence-electron chi connectivity index (χ4n) is 2.18. The summed E-state index contributed by atoms with van der Waals surface area (Å²) in [5, 5.41) is 7.68. The fourth-order valence-corrected chi connectivity index (χ4v) is 3.44. The Morgan fingerprint density at radius 2 is 1.82 bits per heavy atom. The van der Waals surface area contributed by atoms with Gasteiger partial charge in [0.05, 0.1) is 16.8 Å². The number of hydrogen-bond donors (Lipinski definition) is 4. The smallest absolute Gasteiger partial charge is 0.281 e. The number of anilines is 2. The molecule has 146 valence electrons. The number of nitrogens with one attached hydrogen (secondary N) is 3. The van der Waals surface area contributed by atoms with Crippen LogP contribution in [0.2, 0.25) is 0 Å². The molecule has 0 unspecified atom stereocenters. The van der Waals surface area contributed by atoms with Crippen LogP contribution in [0.1, 0.15) is 11.1 Å². The first-order valence-corrected chi connectivity index (χ1v) is 9.78. The number of sulfonamides is 1. The van der Waals surface area contributed by atoms with Gasteiger partial charge in [0.1, 0.15) is 5.82 Å². The number of aromatic nitrogens is 2. The second-order valence-electron chi connectivity index (χ2n) is 5.84. The predicted octanol–water partition coefficient (Wildman–Crippen LogP) is 3.44. The van der Waals surface area contributed by atoms with Crippen molar-refractivity contribution in [3.8, 4) is 0 Å². The number of hydrogen-bond acceptors (Lipinski definition) is 8. The van der Waals surface area contributed by atoms with E-state index in [1.165, 1.54) is 30.5 Å². The molecule has 3 rings (SSSR count). The van der Waals surface area contributed by atoms with E-state index in [0.29, 0.717) is 11.3 Å². The molecular formula is C16H16N6O4S2. The van der Waals surface area contributed by atoms with E-state index in [4.69, 9.17) is 22.4 Å². The zero-order valence-electron chi connectivity index (χ0n) is 14.8. The van der Waals surface area contributed by atoms with Crippen molar-refractivity contribution in [3.05, 3.63) is 56.8 Å². The molecule has 0 aliphatic rings. The number of nitrogens with two attached hydrogens (primary N) is 1. The highest BCUT2D eigenvalue weighted by Gasteiger charge is 2.18. The molecule has 5 N–H and O–H groups in total. The molecule has 0 atom stereocenters. The second kappa shape index (κ2) is 7.40. The summed E-state index contributed by atoms with van der Waals surface area (Å²) in [5.41, 5.74) is 6.82. The number of aromatic amines is 2. The lowest BCUT2D eigenvalue weighted by Gasteiger charge is -2.06. The van der Waals surface area contributed by atoms with Gasteiger partial charge in [0.2, 0.25) is 5.88 Å². The number of benzene rings is 1. The molecule has 0 radical (unpaired) electrons. The largest absolute Gasteiger partial charge is 0.447 e. The first-order chi connectivity index (χ1) is 13.2. The first-order valence-electron chi connectivity index (χ1n) is 7.89. The molecule has 0 saturated heterocycles. The van der Waals surface area contributed by atoms with Gasteiger partial charge in [-0.25, -0.2) is 13.1 Å². The van der Waals surface area contributed by atoms with Crippen LogP contribution in [0, 0.1) is 18.6 Å². The highest BCUT2D eigenvalue weighted by atomic mass is 32.2. The van der Waals surface area contributed by atoms with Crippen molar-refractivity contribution >= 4 is 45.3 Å². The number of rotatable bonds is 5. The van der Waals surface area contributed by atoms with Gasteiger partial charge in [-0.3, -0.25) is 9.78 Å². The maximum Gasteiger partial charge on any atom is 0.281 e. The van der Waals surface area contributed by atoms with Gasteiger partial charge in [0.25, 0.3) is 15.6 Å². The van der Waals surface area contributed by atoms with Crippen LogP contribution in [0.5, 0.6) is 0 Å². The Bertz CT molecular complexity index is 1270. The average molecular weight is 420 g/mol. The quantitative estimate of drug-likeness (QED) is 0.365. The molecule has 28 heavy (non-hydrogen) atoms. The Balaban J connectivity index is 1.83. The van der Waals surface area contributed by atoms with E-state index in [9.17, 15) is 13.2 Å². The number of nitrogen functional groups attached to an aromatic ring is 1. The van der Waals surface area contributed by atoms with Crippen molar-refractivity contribution < 1.29 is 12.8 Å². The summed E-state index contributed by atoms with van der Waals surface area (Å²) in [6, 6.07) is 5.59. The highest BCUT2D eigenvalue weighted by molar-refractivity contribution is 7.92. The van der Waals surface area contributed by atoms with Crippen molar-refractivity contribution in [2.24, 2.45) is 10.2 Å². The van der Waals surface area contributed by atoms with Gasteiger partial charge < -0.3 is 15.1 Å². The summed E-state index contributed by atoms with van der Waals surface area (Å²) in [6.45, 7) is 3.57. The van der Waals surface area contributed by atoms with Crippen molar-refractivity contribution in [3.63, 3.8) is 0 Å². The molecule has 2 aromatic heterocycles. The summed E-state index contributed by atoms with van der Waals surface area (Å²) in [5.74, 6) is 0.141. The Morgan fingerprint density at radius 1 is 1.14 bits per heavy atom. The van der Waals surface area contributed by atoms with E-state index in [1.807, 2.05) is 6.92 Å². The third-order valence-corrected chi connectivity index (χ3v) is 5.42. The summed E-state index contributed by atoms with van der Waals surface area (Å²) >= 11 is 4.80. The zero-order chi connectivity index (χ0) is 20.5. The lowest BCUT2D eigenvalue weighted by molar-refractivity contribution is 0.573. The van der Waals surface area contributed by atoms with E-state index >= 15 is 0 Å². The Kier molecular flexibility index (Phi) is 5.16. The lowest BCUT2D eigenvalue weighted by atomic mass is 10.2. The zero-order valence-corrected chi connectivity index (χ0v) is 16.4. The van der Waals surface area contributed by atoms with Gasteiger partial charge >= 0.3 is 0 Å². The summed E-state index contributed by atoms with van der Waals surface area (Å²) in [7, 11) is -3.83. The van der Waals surface area contributed by atoms with E-state index in [0.717, 1.165) is 5.56 Å². The number of furan rings is 1. The molecule has 0 aliphatic heterocycles. The van der Waals surface area contributed by atoms with Crippen LogP contribution in [0.3, 0.4) is 0 Å². The molecule has 1 aromatic carbocycles. The molecule has 0 bridgehead atoms. The second-order valence-corrected chi connectivity index (χ2v) is 7.93. The van der Waals surface area contributed by atoms with Crippen LogP contribution in [0.25, 0.3) is 0 Å². The van der Waals surface area contributed by atoms with E-state index in [1.54, 1.807) is 6.92 Å². The average Bonchev–Trinajstić information content (AvgIpc) is 2.93. The van der Waals surface area contributed by atoms with E-state index < -0.39 is 15.6 Å². The Morgan fingerprint density at radius 3 is 2.39 bits per heavy atom. The van der Waals surface area contributed by atoms with Crippen LogP contribution in [-0.2, 0) is 10.0 Å². The van der Waals surface area contributed by atoms with Crippen molar-refractivity contribution in [1.29, 1.82) is 0 Å². The molecular weight excluding hydrogens is 404 g/mol. The van der Waals surface area contributed by atoms with Crippen molar-refractivity contribution in [2.45, 2.75) is 18.7 Å². The molecule has 12 heteroatoms. The Hall–Kier alpha value is -3.25. The molecule has 0 fully saturated rings. The van der Waals surface area contributed by atoms with Gasteiger partial charge in [-0.1, -0.05) is 0 Å². The minimum atomic E-state index is -3.83. The molecule has 0 spiro atoms. The van der Waals surface area contributed by atoms with Gasteiger partial charge in [-0.2, -0.15) is 5.11 Å². The van der Waals surface area contributed by atoms with Crippen LogP contribution >= 0.6 is 12.2 Å². The number of nitrogens with zero attached hydrogens (tertiary/aromatic N) is 2. The monoisotopic (exact) mass is 420 g/mol. The van der Waals surface area contributed by atoms with Crippen molar-refractivity contribution in [1.82, 2.24) is 9.97 Å². The van der Waals surface area contributed by atoms with Gasteiger partial charge in [-0.05, 0) is 55.9 Å². The summed E-state index contributed by atoms with van der Waals surface area (Å²) in [6.07, 6.45) is 1.47. The number of aryl methyl sites for hydroxylation is 1. The fraction of sp³-hybridized carbons (Fsp3) is 0.125. The molecule has 3 aromatic rings. The first kappa shape index (κ1) is 19.5. The third-order valence-electron chi connectivity index (χ3n) is 3.87. The van der Waals surface area contributed by atoms with Crippen LogP contribution in [0.4, 0.5) is 23.1 Å². The van der Waals surface area contributed by atoms with Gasteiger partial charge in [0.15, 0.2) is 10.5 Å². The Labute approximate surface area is 164 Å². The molecule has 0 aliphatic carbocycles. The summed E-state index contributed by atoms with van der Waals surface area (Å²) < 4.78 is 32.6. The molecule has 2 heterocycles. The van der Waals surface area contributed by atoms with Crippen LogP contribution < -0.4 is 16.0 Å². The normalized spacial score (nSPS) is 11.8. The van der Waals surface area contributed by atoms with Crippen molar-refractivity contribution in [2.75, 3.05) is 10.5 Å². The molecule has 0 saturated carbocycles. The predicted molar refractivity (Wildman–Crippen MR) is 106 cm³/mol.